The Balaban J connectivity index is 3.23. The molecule has 0 aliphatic heterocycles. The van der Waals surface area contributed by atoms with Gasteiger partial charge in [-0.05, 0) is 46.5 Å². The van der Waals surface area contributed by atoms with Gasteiger partial charge in [-0.15, -0.1) is 0 Å². The molecule has 1 aliphatic carbocycles. The maximum atomic E-state index is 12.6. The molecule has 0 saturated carbocycles. The normalized spacial score (nSPS) is 20.1. The molecule has 122 valence electrons. The summed E-state index contributed by atoms with van der Waals surface area (Å²) in [7, 11) is 1.45. The lowest BCUT2D eigenvalue weighted by Gasteiger charge is -2.30. The van der Waals surface area contributed by atoms with E-state index in [-0.39, 0.29) is 23.9 Å². The summed E-state index contributed by atoms with van der Waals surface area (Å²) in [5.41, 5.74) is 0.186. The van der Waals surface area contributed by atoms with E-state index in [4.69, 9.17) is 0 Å². The topological polar surface area (TPSA) is 83.5 Å². The second kappa shape index (κ2) is 6.57. The van der Waals surface area contributed by atoms with Crippen molar-refractivity contribution in [2.75, 3.05) is 7.05 Å². The smallest absolute Gasteiger partial charge is 0.251 e. The lowest BCUT2D eigenvalue weighted by Crippen LogP contribution is -2.45. The molecule has 0 fully saturated rings. The number of nitrogens with one attached hydrogen (secondary N) is 1. The number of likely N-dealkylation sites (N-methyl/N-ethyl adjacent to an activating group) is 1. The van der Waals surface area contributed by atoms with Gasteiger partial charge in [0, 0.05) is 29.3 Å². The summed E-state index contributed by atoms with van der Waals surface area (Å²) >= 11 is 0. The molecule has 0 radical (unpaired) electrons. The van der Waals surface area contributed by atoms with E-state index in [1.54, 1.807) is 20.8 Å². The molecule has 2 atom stereocenters. The van der Waals surface area contributed by atoms with Gasteiger partial charge in [0.25, 0.3) is 5.91 Å². The van der Waals surface area contributed by atoms with Gasteiger partial charge in [-0.2, -0.15) is 0 Å². The fraction of sp³-hybridized carbons (Fsp3) is 0.588. The van der Waals surface area contributed by atoms with Crippen molar-refractivity contribution in [1.82, 2.24) is 5.32 Å². The first kappa shape index (κ1) is 18.3. The summed E-state index contributed by atoms with van der Waals surface area (Å²) in [6, 6.07) is 0. The Morgan fingerprint density at radius 3 is 2.09 bits per heavy atom. The molecule has 2 unspecified atom stereocenters. The summed E-state index contributed by atoms with van der Waals surface area (Å²) in [6.45, 7) is 8.24. The molecule has 0 aromatic heterocycles. The molecule has 1 rings (SSSR count). The number of amides is 1. The zero-order valence-corrected chi connectivity index (χ0v) is 14.2. The summed E-state index contributed by atoms with van der Waals surface area (Å²) in [4.78, 5) is 36.6. The molecule has 5 nitrogen and oxygen atoms in total. The first-order valence-electron chi connectivity index (χ1n) is 7.50. The highest BCUT2D eigenvalue weighted by Gasteiger charge is 2.38. The quantitative estimate of drug-likeness (QED) is 0.757. The van der Waals surface area contributed by atoms with Gasteiger partial charge in [-0.25, -0.2) is 0 Å². The zero-order valence-electron chi connectivity index (χ0n) is 14.2. The maximum absolute atomic E-state index is 12.6. The van der Waals surface area contributed by atoms with Gasteiger partial charge < -0.3 is 10.4 Å². The number of carbonyl (C=O) groups excluding carboxylic acids is 3. The lowest BCUT2D eigenvalue weighted by atomic mass is 9.75. The van der Waals surface area contributed by atoms with Crippen molar-refractivity contribution in [1.29, 1.82) is 0 Å². The zero-order chi connectivity index (χ0) is 17.2. The van der Waals surface area contributed by atoms with E-state index in [1.807, 2.05) is 6.92 Å². The number of hydrogen-bond acceptors (Lipinski definition) is 4. The summed E-state index contributed by atoms with van der Waals surface area (Å²) < 4.78 is 0. The molecule has 22 heavy (non-hydrogen) atoms. The van der Waals surface area contributed by atoms with Crippen molar-refractivity contribution >= 4 is 17.5 Å². The largest absolute Gasteiger partial charge is 0.380 e. The van der Waals surface area contributed by atoms with Gasteiger partial charge in [0.2, 0.25) is 0 Å². The van der Waals surface area contributed by atoms with Crippen LogP contribution in [-0.2, 0) is 14.4 Å². The number of Topliss-reactive ketones (excluding diaryl/α,β-unsaturated/α-hetero) is 2. The Bertz CT molecular complexity index is 581. The van der Waals surface area contributed by atoms with Crippen LogP contribution >= 0.6 is 0 Å². The molecule has 5 heteroatoms. The van der Waals surface area contributed by atoms with Gasteiger partial charge in [0.1, 0.15) is 5.60 Å². The monoisotopic (exact) mass is 307 g/mol. The van der Waals surface area contributed by atoms with Crippen molar-refractivity contribution < 1.29 is 19.5 Å². The molecule has 0 heterocycles. The number of ketones is 2. The Kier molecular flexibility index (Phi) is 5.46. The molecule has 0 bridgehead atoms. The fourth-order valence-electron chi connectivity index (χ4n) is 2.90. The highest BCUT2D eigenvalue weighted by molar-refractivity contribution is 6.24. The third-order valence-electron chi connectivity index (χ3n) is 4.49. The van der Waals surface area contributed by atoms with Crippen LogP contribution in [-0.4, -0.2) is 35.2 Å². The van der Waals surface area contributed by atoms with Gasteiger partial charge in [-0.1, -0.05) is 6.92 Å². The highest BCUT2D eigenvalue weighted by Crippen LogP contribution is 2.34. The van der Waals surface area contributed by atoms with Gasteiger partial charge in [-0.3, -0.25) is 14.4 Å². The molecular formula is C17H25NO4. The number of carbonyl (C=O) groups is 3. The van der Waals surface area contributed by atoms with Gasteiger partial charge in [0.05, 0.1) is 0 Å². The fourth-order valence-corrected chi connectivity index (χ4v) is 2.90. The predicted molar refractivity (Wildman–Crippen MR) is 84.2 cm³/mol. The molecule has 2 N–H and O–H groups in total. The highest BCUT2D eigenvalue weighted by atomic mass is 16.3. The van der Waals surface area contributed by atoms with Gasteiger partial charge in [0.15, 0.2) is 11.6 Å². The summed E-state index contributed by atoms with van der Waals surface area (Å²) in [6.07, 6.45) is 0.659. The standard InChI is InChI=1S/C17H25NO4/c1-7-12(8-17(5,22)16(21)18-6)13-11(4)14(19)9(2)10(3)15(13)20/h12,22H,7-8H2,1-6H3,(H,18,21). The number of allylic oxidation sites excluding steroid dienone is 4. The minimum absolute atomic E-state index is 0.0984. The molecule has 0 aromatic rings. The second-order valence-electron chi connectivity index (χ2n) is 6.11. The van der Waals surface area contributed by atoms with E-state index in [1.165, 1.54) is 14.0 Å². The molecule has 0 aromatic carbocycles. The predicted octanol–water partition coefficient (Wildman–Crippen LogP) is 1.70. The Morgan fingerprint density at radius 1 is 1.14 bits per heavy atom. The Hall–Kier alpha value is -1.75. The van der Waals surface area contributed by atoms with Crippen LogP contribution in [0.1, 0.15) is 47.5 Å². The van der Waals surface area contributed by atoms with E-state index in [0.29, 0.717) is 28.7 Å². The van der Waals surface area contributed by atoms with Crippen LogP contribution in [0.5, 0.6) is 0 Å². The molecule has 0 saturated heterocycles. The van der Waals surface area contributed by atoms with Gasteiger partial charge >= 0.3 is 0 Å². The van der Waals surface area contributed by atoms with Crippen LogP contribution in [0, 0.1) is 5.92 Å². The van der Waals surface area contributed by atoms with E-state index < -0.39 is 11.5 Å². The van der Waals surface area contributed by atoms with E-state index in [2.05, 4.69) is 5.32 Å². The lowest BCUT2D eigenvalue weighted by molar-refractivity contribution is -0.139. The maximum Gasteiger partial charge on any atom is 0.251 e. The second-order valence-corrected chi connectivity index (χ2v) is 6.11. The SMILES string of the molecule is CCC(CC(C)(O)C(=O)NC)C1=C(C)C(=O)C(C)=C(C)C1=O. The number of hydrogen-bond donors (Lipinski definition) is 2. The third kappa shape index (κ3) is 3.19. The Labute approximate surface area is 131 Å². The van der Waals surface area contributed by atoms with Crippen molar-refractivity contribution in [2.45, 2.75) is 53.1 Å². The van der Waals surface area contributed by atoms with E-state index in [0.717, 1.165) is 0 Å². The molecule has 0 spiro atoms. The van der Waals surface area contributed by atoms with Crippen molar-refractivity contribution in [3.63, 3.8) is 0 Å². The van der Waals surface area contributed by atoms with Crippen molar-refractivity contribution in [3.8, 4) is 0 Å². The average Bonchev–Trinajstić information content (AvgIpc) is 2.48. The van der Waals surface area contributed by atoms with Crippen LogP contribution in [0.25, 0.3) is 0 Å². The average molecular weight is 307 g/mol. The minimum atomic E-state index is -1.59. The summed E-state index contributed by atoms with van der Waals surface area (Å²) in [5.74, 6) is -1.13. The van der Waals surface area contributed by atoms with E-state index >= 15 is 0 Å². The first-order chi connectivity index (χ1) is 10.1. The van der Waals surface area contributed by atoms with Crippen LogP contribution in [0.4, 0.5) is 0 Å². The molecule has 1 amide bonds. The number of aliphatic hydroxyl groups is 1. The van der Waals surface area contributed by atoms with Crippen LogP contribution in [0.2, 0.25) is 0 Å². The minimum Gasteiger partial charge on any atom is -0.380 e. The number of rotatable bonds is 5. The first-order valence-corrected chi connectivity index (χ1v) is 7.50. The molecule has 1 aliphatic rings. The van der Waals surface area contributed by atoms with Crippen LogP contribution in [0.15, 0.2) is 22.3 Å². The van der Waals surface area contributed by atoms with E-state index in [9.17, 15) is 19.5 Å². The third-order valence-corrected chi connectivity index (χ3v) is 4.49. The Morgan fingerprint density at radius 2 is 1.64 bits per heavy atom. The molecular weight excluding hydrogens is 282 g/mol. The van der Waals surface area contributed by atoms with Crippen molar-refractivity contribution in [3.05, 3.63) is 22.3 Å². The van der Waals surface area contributed by atoms with Crippen LogP contribution in [0.3, 0.4) is 0 Å². The van der Waals surface area contributed by atoms with Crippen molar-refractivity contribution in [2.24, 2.45) is 5.92 Å². The summed E-state index contributed by atoms with van der Waals surface area (Å²) in [5, 5.41) is 12.7. The van der Waals surface area contributed by atoms with Crippen LogP contribution < -0.4 is 5.32 Å².